The molecule has 1 aromatic carbocycles. The number of unbranched alkanes of at least 4 members (excludes halogenated alkanes) is 1. The lowest BCUT2D eigenvalue weighted by atomic mass is 9.86. The van der Waals surface area contributed by atoms with Gasteiger partial charge in [-0.2, -0.15) is 4.98 Å². The average molecular weight is 447 g/mol. The first-order valence-corrected chi connectivity index (χ1v) is 11.6. The van der Waals surface area contributed by atoms with Crippen LogP contribution in [-0.4, -0.2) is 28.4 Å². The summed E-state index contributed by atoms with van der Waals surface area (Å²) in [6.45, 7) is 16.6. The number of rotatable bonds is 8. The van der Waals surface area contributed by atoms with Crippen LogP contribution >= 0.6 is 0 Å². The monoisotopic (exact) mass is 446 g/mol. The molecule has 180 valence electrons. The molecular formula is C25H42N4O3. The van der Waals surface area contributed by atoms with Gasteiger partial charge in [0, 0.05) is 13.0 Å². The van der Waals surface area contributed by atoms with E-state index in [2.05, 4.69) is 60.5 Å². The molecule has 0 saturated carbocycles. The summed E-state index contributed by atoms with van der Waals surface area (Å²) < 4.78 is 10.6. The molecule has 1 atom stereocenters. The minimum atomic E-state index is -0.489. The molecule has 1 aromatic heterocycles. The number of amides is 1. The number of aromatic nitrogens is 2. The summed E-state index contributed by atoms with van der Waals surface area (Å²) in [5.74, 6) is 1.09. The minimum absolute atomic E-state index is 0.132. The molecule has 7 nitrogen and oxygen atoms in total. The van der Waals surface area contributed by atoms with Gasteiger partial charge in [0.2, 0.25) is 5.89 Å². The van der Waals surface area contributed by atoms with Gasteiger partial charge in [0.05, 0.1) is 6.04 Å². The summed E-state index contributed by atoms with van der Waals surface area (Å²) in [7, 11) is 0. The van der Waals surface area contributed by atoms with Gasteiger partial charge in [-0.05, 0) is 56.6 Å². The second kappa shape index (κ2) is 12.6. The van der Waals surface area contributed by atoms with Gasteiger partial charge >= 0.3 is 6.09 Å². The molecule has 0 spiro atoms. The minimum Gasteiger partial charge on any atom is -0.444 e. The van der Waals surface area contributed by atoms with E-state index >= 15 is 0 Å². The summed E-state index contributed by atoms with van der Waals surface area (Å²) in [6.07, 6.45) is 2.55. The van der Waals surface area contributed by atoms with Crippen LogP contribution in [0.15, 0.2) is 28.8 Å². The zero-order valence-corrected chi connectivity index (χ0v) is 21.1. The van der Waals surface area contributed by atoms with E-state index in [-0.39, 0.29) is 11.5 Å². The van der Waals surface area contributed by atoms with Crippen LogP contribution in [0.25, 0.3) is 0 Å². The smallest absolute Gasteiger partial charge is 0.407 e. The summed E-state index contributed by atoms with van der Waals surface area (Å²) in [4.78, 5) is 16.1. The Morgan fingerprint density at radius 3 is 2.28 bits per heavy atom. The SMILES string of the molecule is CC.CC(C)(C)OC(=O)NCCCCC(N)c1nc(Cc2ccc(C(C)(C)C)cc2)no1. The third kappa shape index (κ3) is 10.3. The number of carbonyl (C=O) groups is 1. The van der Waals surface area contributed by atoms with Crippen molar-refractivity contribution in [2.75, 3.05) is 6.54 Å². The number of alkyl carbamates (subject to hydrolysis) is 1. The second-order valence-electron chi connectivity index (χ2n) is 9.70. The Labute approximate surface area is 193 Å². The molecular weight excluding hydrogens is 404 g/mol. The Morgan fingerprint density at radius 2 is 1.72 bits per heavy atom. The molecule has 3 N–H and O–H groups in total. The first-order chi connectivity index (χ1) is 14.9. The van der Waals surface area contributed by atoms with Crippen molar-refractivity contribution in [2.24, 2.45) is 5.73 Å². The molecule has 1 heterocycles. The quantitative estimate of drug-likeness (QED) is 0.506. The summed E-state index contributed by atoms with van der Waals surface area (Å²) in [5, 5.41) is 6.81. The lowest BCUT2D eigenvalue weighted by Crippen LogP contribution is -2.33. The molecule has 2 aromatic rings. The number of ether oxygens (including phenoxy) is 1. The van der Waals surface area contributed by atoms with Crippen LogP contribution in [0.1, 0.15) is 104 Å². The van der Waals surface area contributed by atoms with E-state index in [0.29, 0.717) is 31.1 Å². The fourth-order valence-electron chi connectivity index (χ4n) is 2.91. The highest BCUT2D eigenvalue weighted by Crippen LogP contribution is 2.23. The molecule has 1 amide bonds. The molecule has 32 heavy (non-hydrogen) atoms. The number of carbonyl (C=O) groups excluding carboxylic acids is 1. The lowest BCUT2D eigenvalue weighted by Gasteiger charge is -2.19. The number of hydrogen-bond donors (Lipinski definition) is 2. The molecule has 0 fully saturated rings. The van der Waals surface area contributed by atoms with E-state index in [4.69, 9.17) is 15.0 Å². The number of nitrogens with two attached hydrogens (primary N) is 1. The van der Waals surface area contributed by atoms with Crippen molar-refractivity contribution in [3.8, 4) is 0 Å². The first-order valence-electron chi connectivity index (χ1n) is 11.6. The normalized spacial score (nSPS) is 12.5. The molecule has 0 radical (unpaired) electrons. The van der Waals surface area contributed by atoms with Crippen molar-refractivity contribution in [3.63, 3.8) is 0 Å². The fourth-order valence-corrected chi connectivity index (χ4v) is 2.91. The van der Waals surface area contributed by atoms with Gasteiger partial charge in [-0.25, -0.2) is 4.79 Å². The van der Waals surface area contributed by atoms with Crippen LogP contribution in [0.4, 0.5) is 4.79 Å². The maximum Gasteiger partial charge on any atom is 0.407 e. The van der Waals surface area contributed by atoms with Gasteiger partial charge in [-0.15, -0.1) is 0 Å². The fraction of sp³-hybridized carbons (Fsp3) is 0.640. The van der Waals surface area contributed by atoms with Gasteiger partial charge in [-0.1, -0.05) is 64.0 Å². The third-order valence-electron chi connectivity index (χ3n) is 4.59. The molecule has 0 aliphatic rings. The first kappa shape index (κ1) is 27.6. The van der Waals surface area contributed by atoms with Crippen LogP contribution in [0.2, 0.25) is 0 Å². The third-order valence-corrected chi connectivity index (χ3v) is 4.59. The van der Waals surface area contributed by atoms with Gasteiger partial charge in [0.25, 0.3) is 0 Å². The Bertz CT molecular complexity index is 802. The zero-order valence-electron chi connectivity index (χ0n) is 21.1. The van der Waals surface area contributed by atoms with Crippen molar-refractivity contribution in [2.45, 2.75) is 98.1 Å². The highest BCUT2D eigenvalue weighted by molar-refractivity contribution is 5.67. The summed E-state index contributed by atoms with van der Waals surface area (Å²) >= 11 is 0. The van der Waals surface area contributed by atoms with Crippen molar-refractivity contribution in [3.05, 3.63) is 47.1 Å². The summed E-state index contributed by atoms with van der Waals surface area (Å²) in [6, 6.07) is 8.19. The van der Waals surface area contributed by atoms with Crippen molar-refractivity contribution < 1.29 is 14.1 Å². The Balaban J connectivity index is 0.00000249. The second-order valence-corrected chi connectivity index (χ2v) is 9.70. The average Bonchev–Trinajstić information content (AvgIpc) is 3.16. The lowest BCUT2D eigenvalue weighted by molar-refractivity contribution is 0.0527. The molecule has 0 aliphatic carbocycles. The van der Waals surface area contributed by atoms with E-state index < -0.39 is 11.7 Å². The van der Waals surface area contributed by atoms with Crippen LogP contribution in [0, 0.1) is 0 Å². The van der Waals surface area contributed by atoms with Gasteiger partial charge < -0.3 is 20.3 Å². The van der Waals surface area contributed by atoms with E-state index in [0.717, 1.165) is 18.4 Å². The Kier molecular flexibility index (Phi) is 10.9. The molecule has 0 aliphatic heterocycles. The zero-order chi connectivity index (χ0) is 24.4. The maximum atomic E-state index is 11.6. The molecule has 0 bridgehead atoms. The number of hydrogen-bond acceptors (Lipinski definition) is 6. The maximum absolute atomic E-state index is 11.6. The largest absolute Gasteiger partial charge is 0.444 e. The molecule has 0 saturated heterocycles. The molecule has 7 heteroatoms. The summed E-state index contributed by atoms with van der Waals surface area (Å²) in [5.41, 5.74) is 8.26. The van der Waals surface area contributed by atoms with Gasteiger partial charge in [-0.3, -0.25) is 0 Å². The highest BCUT2D eigenvalue weighted by Gasteiger charge is 2.17. The highest BCUT2D eigenvalue weighted by atomic mass is 16.6. The van der Waals surface area contributed by atoms with Crippen LogP contribution < -0.4 is 11.1 Å². The predicted octanol–water partition coefficient (Wildman–Crippen LogP) is 5.68. The van der Waals surface area contributed by atoms with E-state index in [9.17, 15) is 4.79 Å². The van der Waals surface area contributed by atoms with E-state index in [1.807, 2.05) is 34.6 Å². The molecule has 1 unspecified atom stereocenters. The van der Waals surface area contributed by atoms with Crippen LogP contribution in [-0.2, 0) is 16.6 Å². The van der Waals surface area contributed by atoms with E-state index in [1.165, 1.54) is 5.56 Å². The topological polar surface area (TPSA) is 103 Å². The van der Waals surface area contributed by atoms with Gasteiger partial charge in [0.1, 0.15) is 5.60 Å². The predicted molar refractivity (Wildman–Crippen MR) is 129 cm³/mol. The Hall–Kier alpha value is -2.41. The standard InChI is InChI=1S/C23H36N4O3.C2H6/c1-22(2,3)17-12-10-16(11-13-17)15-19-26-20(30-27-19)18(24)9-7-8-14-25-21(28)29-23(4,5)6;1-2/h10-13,18H,7-9,14-15,24H2,1-6H3,(H,25,28);1-2H3. The van der Waals surface area contributed by atoms with Crippen molar-refractivity contribution in [1.82, 2.24) is 15.5 Å². The molecule has 2 rings (SSSR count). The number of benzene rings is 1. The number of nitrogens with one attached hydrogen (secondary N) is 1. The van der Waals surface area contributed by atoms with Crippen molar-refractivity contribution >= 4 is 6.09 Å². The number of nitrogens with zero attached hydrogens (tertiary/aromatic N) is 2. The Morgan fingerprint density at radius 1 is 1.09 bits per heavy atom. The van der Waals surface area contributed by atoms with Crippen LogP contribution in [0.5, 0.6) is 0 Å². The van der Waals surface area contributed by atoms with Gasteiger partial charge in [0.15, 0.2) is 5.82 Å². The van der Waals surface area contributed by atoms with Crippen LogP contribution in [0.3, 0.4) is 0 Å². The van der Waals surface area contributed by atoms with Crippen molar-refractivity contribution in [1.29, 1.82) is 0 Å². The van der Waals surface area contributed by atoms with E-state index in [1.54, 1.807) is 0 Å².